The highest BCUT2D eigenvalue weighted by atomic mass is 15.3. The van der Waals surface area contributed by atoms with E-state index in [1.54, 1.807) is 12.3 Å². The van der Waals surface area contributed by atoms with Crippen molar-refractivity contribution in [1.82, 2.24) is 9.55 Å². The second-order valence-corrected chi connectivity index (χ2v) is 3.64. The third kappa shape index (κ3) is 3.53. The van der Waals surface area contributed by atoms with Crippen LogP contribution in [0.3, 0.4) is 0 Å². The maximum absolute atomic E-state index is 5.15. The lowest BCUT2D eigenvalue weighted by molar-refractivity contribution is 0.996. The number of aromatic nitrogens is 2. The molecule has 2 aromatic rings. The molecule has 0 amide bonds. The summed E-state index contributed by atoms with van der Waals surface area (Å²) in [6, 6.07) is 9.67. The van der Waals surface area contributed by atoms with Crippen molar-refractivity contribution < 1.29 is 0 Å². The van der Waals surface area contributed by atoms with Crippen molar-refractivity contribution in [3.8, 4) is 5.82 Å². The number of guanidine groups is 1. The molecule has 2 rings (SSSR count). The third-order valence-corrected chi connectivity index (χ3v) is 2.27. The SMILES string of the molecule is NC(N)=NN=CC=Cc1cccn1-c1ccccn1. The van der Waals surface area contributed by atoms with Crippen LogP contribution in [0.4, 0.5) is 0 Å². The molecule has 96 valence electrons. The Labute approximate surface area is 110 Å². The van der Waals surface area contributed by atoms with E-state index >= 15 is 0 Å². The predicted octanol–water partition coefficient (Wildman–Crippen LogP) is 1.14. The summed E-state index contributed by atoms with van der Waals surface area (Å²) in [4.78, 5) is 4.29. The first-order chi connectivity index (χ1) is 9.27. The molecule has 19 heavy (non-hydrogen) atoms. The van der Waals surface area contributed by atoms with Gasteiger partial charge < -0.3 is 16.0 Å². The molecule has 0 unspecified atom stereocenters. The summed E-state index contributed by atoms with van der Waals surface area (Å²) in [7, 11) is 0. The highest BCUT2D eigenvalue weighted by molar-refractivity contribution is 5.80. The Morgan fingerprint density at radius 2 is 2.11 bits per heavy atom. The molecule has 6 nitrogen and oxygen atoms in total. The van der Waals surface area contributed by atoms with Crippen LogP contribution < -0.4 is 11.5 Å². The van der Waals surface area contributed by atoms with Crippen LogP contribution in [0.2, 0.25) is 0 Å². The fourth-order valence-electron chi connectivity index (χ4n) is 1.51. The highest BCUT2D eigenvalue weighted by Crippen LogP contribution is 2.10. The van der Waals surface area contributed by atoms with Crippen LogP contribution in [0.1, 0.15) is 5.69 Å². The number of pyridine rings is 1. The van der Waals surface area contributed by atoms with Gasteiger partial charge in [-0.25, -0.2) is 4.98 Å². The number of hydrogen-bond donors (Lipinski definition) is 2. The van der Waals surface area contributed by atoms with Crippen LogP contribution >= 0.6 is 0 Å². The quantitative estimate of drug-likeness (QED) is 0.486. The highest BCUT2D eigenvalue weighted by Gasteiger charge is 1.99. The zero-order chi connectivity index (χ0) is 13.5. The first-order valence-corrected chi connectivity index (χ1v) is 5.65. The van der Waals surface area contributed by atoms with Crippen LogP contribution in [-0.4, -0.2) is 21.7 Å². The molecule has 0 fully saturated rings. The topological polar surface area (TPSA) is 94.6 Å². The standard InChI is InChI=1S/C13H14N6/c14-13(15)18-17-9-3-5-11-6-4-10-19(11)12-7-1-2-8-16-12/h1-10H,(H4,14,15,18). The summed E-state index contributed by atoms with van der Waals surface area (Å²) >= 11 is 0. The van der Waals surface area contributed by atoms with Crippen molar-refractivity contribution in [1.29, 1.82) is 0 Å². The number of rotatable bonds is 4. The average molecular weight is 254 g/mol. The molecule has 0 bridgehead atoms. The van der Waals surface area contributed by atoms with Gasteiger partial charge in [0.25, 0.3) is 0 Å². The van der Waals surface area contributed by atoms with E-state index in [9.17, 15) is 0 Å². The van der Waals surface area contributed by atoms with Gasteiger partial charge in [0.05, 0.1) is 0 Å². The fraction of sp³-hybridized carbons (Fsp3) is 0. The molecule has 0 aliphatic heterocycles. The third-order valence-electron chi connectivity index (χ3n) is 2.27. The van der Waals surface area contributed by atoms with E-state index in [1.807, 2.05) is 47.2 Å². The Balaban J connectivity index is 2.15. The Morgan fingerprint density at radius 3 is 2.84 bits per heavy atom. The molecule has 6 heteroatoms. The molecule has 0 spiro atoms. The minimum Gasteiger partial charge on any atom is -0.369 e. The predicted molar refractivity (Wildman–Crippen MR) is 76.9 cm³/mol. The van der Waals surface area contributed by atoms with Gasteiger partial charge >= 0.3 is 0 Å². The van der Waals surface area contributed by atoms with E-state index in [2.05, 4.69) is 15.2 Å². The molecule has 2 aromatic heterocycles. The molecule has 0 radical (unpaired) electrons. The fourth-order valence-corrected chi connectivity index (χ4v) is 1.51. The summed E-state index contributed by atoms with van der Waals surface area (Å²) in [6.45, 7) is 0. The van der Waals surface area contributed by atoms with Crippen LogP contribution in [0, 0.1) is 0 Å². The molecular formula is C13H14N6. The van der Waals surface area contributed by atoms with E-state index in [1.165, 1.54) is 6.21 Å². The summed E-state index contributed by atoms with van der Waals surface area (Å²) in [5.74, 6) is 0.787. The zero-order valence-corrected chi connectivity index (χ0v) is 10.2. The van der Waals surface area contributed by atoms with E-state index < -0.39 is 0 Å². The maximum atomic E-state index is 5.15. The summed E-state index contributed by atoms with van der Waals surface area (Å²) < 4.78 is 1.96. The van der Waals surface area contributed by atoms with Crippen LogP contribution in [0.25, 0.3) is 11.9 Å². The lowest BCUT2D eigenvalue weighted by Crippen LogP contribution is -2.21. The first-order valence-electron chi connectivity index (χ1n) is 5.65. The van der Waals surface area contributed by atoms with Gasteiger partial charge in [-0.3, -0.25) is 0 Å². The molecule has 0 saturated carbocycles. The second kappa shape index (κ2) is 6.15. The largest absolute Gasteiger partial charge is 0.369 e. The minimum absolute atomic E-state index is 0.0680. The van der Waals surface area contributed by atoms with Crippen molar-refractivity contribution in [3.63, 3.8) is 0 Å². The van der Waals surface area contributed by atoms with E-state index in [-0.39, 0.29) is 5.96 Å². The van der Waals surface area contributed by atoms with Gasteiger partial charge in [-0.2, -0.15) is 5.10 Å². The van der Waals surface area contributed by atoms with Gasteiger partial charge in [0.15, 0.2) is 0 Å². The minimum atomic E-state index is -0.0680. The normalized spacial score (nSPS) is 11.2. The Morgan fingerprint density at radius 1 is 1.21 bits per heavy atom. The van der Waals surface area contributed by atoms with Crippen molar-refractivity contribution in [2.75, 3.05) is 0 Å². The zero-order valence-electron chi connectivity index (χ0n) is 10.2. The molecule has 4 N–H and O–H groups in total. The molecule has 0 aromatic carbocycles. The summed E-state index contributed by atoms with van der Waals surface area (Å²) in [5, 5.41) is 7.17. The molecule has 0 aliphatic rings. The number of nitrogens with zero attached hydrogens (tertiary/aromatic N) is 4. The van der Waals surface area contributed by atoms with Crippen molar-refractivity contribution in [2.45, 2.75) is 0 Å². The van der Waals surface area contributed by atoms with Crippen LogP contribution in [0.15, 0.2) is 59.0 Å². The van der Waals surface area contributed by atoms with E-state index in [0.717, 1.165) is 11.5 Å². The van der Waals surface area contributed by atoms with Gasteiger partial charge in [-0.1, -0.05) is 6.07 Å². The Kier molecular flexibility index (Phi) is 4.07. The monoisotopic (exact) mass is 254 g/mol. The van der Waals surface area contributed by atoms with Crippen molar-refractivity contribution in [2.24, 2.45) is 21.7 Å². The van der Waals surface area contributed by atoms with Gasteiger partial charge in [0.1, 0.15) is 5.82 Å². The lowest BCUT2D eigenvalue weighted by Gasteiger charge is -2.03. The average Bonchev–Trinajstić information content (AvgIpc) is 2.87. The van der Waals surface area contributed by atoms with Crippen LogP contribution in [0.5, 0.6) is 0 Å². The van der Waals surface area contributed by atoms with Gasteiger partial charge in [0.2, 0.25) is 5.96 Å². The number of allylic oxidation sites excluding steroid dienone is 1. The molecule has 2 heterocycles. The maximum Gasteiger partial charge on any atom is 0.211 e. The smallest absolute Gasteiger partial charge is 0.211 e. The second-order valence-electron chi connectivity index (χ2n) is 3.64. The Bertz CT molecular complexity index is 605. The van der Waals surface area contributed by atoms with Crippen molar-refractivity contribution >= 4 is 18.3 Å². The van der Waals surface area contributed by atoms with Crippen LogP contribution in [-0.2, 0) is 0 Å². The molecule has 0 saturated heterocycles. The molecule has 0 atom stereocenters. The Hall–Kier alpha value is -2.89. The number of nitrogens with two attached hydrogens (primary N) is 2. The summed E-state index contributed by atoms with van der Waals surface area (Å²) in [5.41, 5.74) is 11.3. The van der Waals surface area contributed by atoms with Gasteiger partial charge in [-0.15, -0.1) is 5.10 Å². The van der Waals surface area contributed by atoms with Crippen molar-refractivity contribution in [3.05, 3.63) is 54.5 Å². The first kappa shape index (κ1) is 12.6. The van der Waals surface area contributed by atoms with E-state index in [0.29, 0.717) is 0 Å². The molecular weight excluding hydrogens is 240 g/mol. The van der Waals surface area contributed by atoms with Gasteiger partial charge in [-0.05, 0) is 36.4 Å². The van der Waals surface area contributed by atoms with E-state index in [4.69, 9.17) is 11.5 Å². The lowest BCUT2D eigenvalue weighted by atomic mass is 10.3. The number of hydrogen-bond acceptors (Lipinski definition) is 3. The summed E-state index contributed by atoms with van der Waals surface area (Å²) in [6.07, 6.45) is 8.84. The van der Waals surface area contributed by atoms with Gasteiger partial charge in [0, 0.05) is 24.3 Å². The molecule has 0 aliphatic carbocycles.